The number of methoxy groups -OCH3 is 2. The number of anilines is 1. The molecule has 1 fully saturated rings. The van der Waals surface area contributed by atoms with Gasteiger partial charge in [0.25, 0.3) is 15.9 Å². The zero-order valence-electron chi connectivity index (χ0n) is 21.0. The van der Waals surface area contributed by atoms with Crippen LogP contribution < -0.4 is 14.2 Å². The number of likely N-dealkylation sites (tertiary alicyclic amines) is 1. The lowest BCUT2D eigenvalue weighted by molar-refractivity contribution is 0.0339. The van der Waals surface area contributed by atoms with E-state index in [1.807, 2.05) is 32.0 Å². The van der Waals surface area contributed by atoms with Crippen molar-refractivity contribution < 1.29 is 31.8 Å². The largest absolute Gasteiger partial charge is 0.495 e. The molecular weight excluding hydrogens is 499 g/mol. The number of hydrogen-bond acceptors (Lipinski definition) is 6. The maximum Gasteiger partial charge on any atom is 0.265 e. The molecule has 0 bridgehead atoms. The maximum absolute atomic E-state index is 14.6. The van der Waals surface area contributed by atoms with Gasteiger partial charge in [-0.3, -0.25) is 9.52 Å². The van der Waals surface area contributed by atoms with E-state index in [0.717, 1.165) is 17.2 Å². The Labute approximate surface area is 216 Å². The lowest BCUT2D eigenvalue weighted by atomic mass is 10.0. The van der Waals surface area contributed by atoms with E-state index >= 15 is 0 Å². The second-order valence-corrected chi connectivity index (χ2v) is 10.5. The molecule has 8 nitrogen and oxygen atoms in total. The lowest BCUT2D eigenvalue weighted by Gasteiger charge is -2.20. The SMILES string of the molecule is COc1ccccc1S(=O)(=O)Nc1cc(O[C@@H]2CN(C(=O)c3cc(C)ccc3C)C[C@H]2OC)ccc1F. The molecule has 10 heteroatoms. The van der Waals surface area contributed by atoms with E-state index in [4.69, 9.17) is 14.2 Å². The van der Waals surface area contributed by atoms with E-state index in [-0.39, 0.29) is 34.5 Å². The van der Waals surface area contributed by atoms with Crippen LogP contribution >= 0.6 is 0 Å². The molecule has 196 valence electrons. The second kappa shape index (κ2) is 10.8. The number of nitrogens with zero attached hydrogens (tertiary/aromatic N) is 1. The van der Waals surface area contributed by atoms with Gasteiger partial charge in [-0.1, -0.05) is 29.8 Å². The predicted octanol–water partition coefficient (Wildman–Crippen LogP) is 4.17. The summed E-state index contributed by atoms with van der Waals surface area (Å²) in [5, 5.41) is 0. The van der Waals surface area contributed by atoms with Gasteiger partial charge in [-0.25, -0.2) is 12.8 Å². The number of rotatable bonds is 8. The summed E-state index contributed by atoms with van der Waals surface area (Å²) in [6, 6.07) is 15.5. The summed E-state index contributed by atoms with van der Waals surface area (Å²) in [5.41, 5.74) is 2.20. The van der Waals surface area contributed by atoms with Crippen molar-refractivity contribution in [3.8, 4) is 11.5 Å². The molecule has 1 saturated heterocycles. The third kappa shape index (κ3) is 5.70. The third-order valence-electron chi connectivity index (χ3n) is 6.26. The van der Waals surface area contributed by atoms with Crippen LogP contribution in [0.15, 0.2) is 65.6 Å². The highest BCUT2D eigenvalue weighted by Gasteiger charge is 2.38. The number of para-hydroxylation sites is 1. The van der Waals surface area contributed by atoms with Crippen LogP contribution in [0.5, 0.6) is 11.5 Å². The minimum absolute atomic E-state index is 0.126. The first-order chi connectivity index (χ1) is 17.6. The fourth-order valence-electron chi connectivity index (χ4n) is 4.26. The summed E-state index contributed by atoms with van der Waals surface area (Å²) in [4.78, 5) is 14.7. The van der Waals surface area contributed by atoms with Crippen molar-refractivity contribution in [2.24, 2.45) is 0 Å². The summed E-state index contributed by atoms with van der Waals surface area (Å²) < 4.78 is 59.5. The first-order valence-corrected chi connectivity index (χ1v) is 13.1. The Morgan fingerprint density at radius 3 is 2.46 bits per heavy atom. The van der Waals surface area contributed by atoms with Crippen LogP contribution in [0.2, 0.25) is 0 Å². The van der Waals surface area contributed by atoms with Gasteiger partial charge < -0.3 is 19.1 Å². The molecule has 3 aromatic carbocycles. The van der Waals surface area contributed by atoms with Crippen molar-refractivity contribution in [1.29, 1.82) is 0 Å². The monoisotopic (exact) mass is 528 g/mol. The van der Waals surface area contributed by atoms with Crippen LogP contribution in [-0.2, 0) is 14.8 Å². The zero-order valence-corrected chi connectivity index (χ0v) is 21.8. The number of aryl methyl sites for hydroxylation is 2. The van der Waals surface area contributed by atoms with E-state index in [0.29, 0.717) is 12.1 Å². The molecule has 37 heavy (non-hydrogen) atoms. The number of nitrogens with one attached hydrogen (secondary N) is 1. The maximum atomic E-state index is 14.6. The molecule has 0 radical (unpaired) electrons. The van der Waals surface area contributed by atoms with Gasteiger partial charge in [0.2, 0.25) is 0 Å². The average Bonchev–Trinajstić information content (AvgIpc) is 3.29. The summed E-state index contributed by atoms with van der Waals surface area (Å²) in [7, 11) is -1.26. The van der Waals surface area contributed by atoms with Crippen LogP contribution in [0, 0.1) is 19.7 Å². The topological polar surface area (TPSA) is 94.2 Å². The van der Waals surface area contributed by atoms with Crippen molar-refractivity contribution in [1.82, 2.24) is 4.90 Å². The molecule has 3 aromatic rings. The zero-order chi connectivity index (χ0) is 26.7. The van der Waals surface area contributed by atoms with Crippen LogP contribution in [0.1, 0.15) is 21.5 Å². The number of amides is 1. The number of hydrogen-bond donors (Lipinski definition) is 1. The molecule has 0 aromatic heterocycles. The summed E-state index contributed by atoms with van der Waals surface area (Å²) >= 11 is 0. The Morgan fingerprint density at radius 2 is 1.73 bits per heavy atom. The van der Waals surface area contributed by atoms with Crippen LogP contribution in [0.3, 0.4) is 0 Å². The summed E-state index contributed by atoms with van der Waals surface area (Å²) in [6.45, 7) is 4.39. The number of halogens is 1. The Hall–Kier alpha value is -3.63. The lowest BCUT2D eigenvalue weighted by Crippen LogP contribution is -2.32. The molecule has 1 N–H and O–H groups in total. The quantitative estimate of drug-likeness (QED) is 0.472. The Balaban J connectivity index is 1.53. The highest BCUT2D eigenvalue weighted by Crippen LogP contribution is 2.30. The minimum Gasteiger partial charge on any atom is -0.495 e. The van der Waals surface area contributed by atoms with Crippen molar-refractivity contribution in [3.05, 3.63) is 83.2 Å². The molecule has 0 spiro atoms. The molecule has 0 aliphatic carbocycles. The van der Waals surface area contributed by atoms with E-state index < -0.39 is 28.0 Å². The van der Waals surface area contributed by atoms with Crippen molar-refractivity contribution in [3.63, 3.8) is 0 Å². The molecular formula is C27H29FN2O6S. The number of carbonyl (C=O) groups excluding carboxylic acids is 1. The molecule has 1 aliphatic heterocycles. The molecule has 1 heterocycles. The van der Waals surface area contributed by atoms with Gasteiger partial charge in [0.1, 0.15) is 34.4 Å². The van der Waals surface area contributed by atoms with Gasteiger partial charge in [-0.15, -0.1) is 0 Å². The second-order valence-electron chi connectivity index (χ2n) is 8.86. The van der Waals surface area contributed by atoms with Gasteiger partial charge in [0.05, 0.1) is 25.9 Å². The normalized spacial score (nSPS) is 17.5. The average molecular weight is 529 g/mol. The fraction of sp³-hybridized carbons (Fsp3) is 0.296. The first-order valence-electron chi connectivity index (χ1n) is 11.6. The van der Waals surface area contributed by atoms with E-state index in [1.54, 1.807) is 17.0 Å². The van der Waals surface area contributed by atoms with Gasteiger partial charge in [0.15, 0.2) is 0 Å². The highest BCUT2D eigenvalue weighted by atomic mass is 32.2. The highest BCUT2D eigenvalue weighted by molar-refractivity contribution is 7.92. The van der Waals surface area contributed by atoms with Gasteiger partial charge in [-0.2, -0.15) is 0 Å². The van der Waals surface area contributed by atoms with Crippen molar-refractivity contribution >= 4 is 21.6 Å². The van der Waals surface area contributed by atoms with E-state index in [9.17, 15) is 17.6 Å². The van der Waals surface area contributed by atoms with Gasteiger partial charge >= 0.3 is 0 Å². The number of sulfonamides is 1. The fourth-order valence-corrected chi connectivity index (χ4v) is 5.49. The van der Waals surface area contributed by atoms with Crippen molar-refractivity contribution in [2.45, 2.75) is 31.0 Å². The molecule has 0 unspecified atom stereocenters. The summed E-state index contributed by atoms with van der Waals surface area (Å²) in [6.07, 6.45) is -0.962. The minimum atomic E-state index is -4.14. The third-order valence-corrected chi connectivity index (χ3v) is 7.66. The van der Waals surface area contributed by atoms with E-state index in [2.05, 4.69) is 4.72 Å². The van der Waals surface area contributed by atoms with Crippen LogP contribution in [-0.4, -0.2) is 58.7 Å². The first kappa shape index (κ1) is 26.4. The van der Waals surface area contributed by atoms with Crippen LogP contribution in [0.25, 0.3) is 0 Å². The molecule has 0 saturated carbocycles. The number of benzene rings is 3. The smallest absolute Gasteiger partial charge is 0.265 e. The number of ether oxygens (including phenoxy) is 3. The Bertz CT molecular complexity index is 1410. The molecule has 1 aliphatic rings. The number of carbonyl (C=O) groups is 1. The van der Waals surface area contributed by atoms with Crippen molar-refractivity contribution in [2.75, 3.05) is 32.0 Å². The standard InChI is InChI=1S/C27H29FN2O6S/c1-17-9-10-18(2)20(13-17)27(31)30-15-24(35-4)25(16-30)36-19-11-12-21(28)22(14-19)29-37(32,33)26-8-6-5-7-23(26)34-3/h5-14,24-25,29H,15-16H2,1-4H3/t24-,25-/m1/s1. The Kier molecular flexibility index (Phi) is 7.70. The molecule has 1 amide bonds. The predicted molar refractivity (Wildman–Crippen MR) is 137 cm³/mol. The molecule has 4 rings (SSSR count). The molecule has 2 atom stereocenters. The van der Waals surface area contributed by atoms with Crippen LogP contribution in [0.4, 0.5) is 10.1 Å². The van der Waals surface area contributed by atoms with Gasteiger partial charge in [0, 0.05) is 18.7 Å². The van der Waals surface area contributed by atoms with E-state index in [1.165, 1.54) is 38.5 Å². The Morgan fingerprint density at radius 1 is 1.00 bits per heavy atom. The summed E-state index contributed by atoms with van der Waals surface area (Å²) in [5.74, 6) is -0.538. The van der Waals surface area contributed by atoms with Gasteiger partial charge in [-0.05, 0) is 49.7 Å².